The van der Waals surface area contributed by atoms with E-state index in [0.29, 0.717) is 17.4 Å². The predicted octanol–water partition coefficient (Wildman–Crippen LogP) is 5.29. The molecule has 2 aromatic heterocycles. The van der Waals surface area contributed by atoms with E-state index in [9.17, 15) is 8.78 Å². The second-order valence-corrected chi connectivity index (χ2v) is 8.74. The summed E-state index contributed by atoms with van der Waals surface area (Å²) in [4.78, 5) is 4.17. The van der Waals surface area contributed by atoms with E-state index in [2.05, 4.69) is 36.4 Å². The molecule has 4 nitrogen and oxygen atoms in total. The molecule has 27 heavy (non-hydrogen) atoms. The summed E-state index contributed by atoms with van der Waals surface area (Å²) in [6, 6.07) is 8.92. The third-order valence-electron chi connectivity index (χ3n) is 4.92. The minimum Gasteiger partial charge on any atom is -0.359 e. The Kier molecular flexibility index (Phi) is 4.94. The topological polar surface area (TPSA) is 50.7 Å². The largest absolute Gasteiger partial charge is 0.359 e. The zero-order valence-electron chi connectivity index (χ0n) is 14.5. The minimum atomic E-state index is -0.928. The van der Waals surface area contributed by atoms with Gasteiger partial charge in [0, 0.05) is 28.2 Å². The maximum absolute atomic E-state index is 14.2. The third-order valence-corrected chi connectivity index (χ3v) is 6.33. The van der Waals surface area contributed by atoms with Gasteiger partial charge in [-0.15, -0.1) is 10.2 Å². The van der Waals surface area contributed by atoms with Crippen LogP contribution in [0, 0.1) is 12.7 Å². The van der Waals surface area contributed by atoms with Crippen LogP contribution in [-0.4, -0.2) is 27.9 Å². The zero-order valence-corrected chi connectivity index (χ0v) is 16.9. The van der Waals surface area contributed by atoms with E-state index in [4.69, 9.17) is 0 Å². The van der Waals surface area contributed by atoms with Gasteiger partial charge >= 0.3 is 0 Å². The van der Waals surface area contributed by atoms with Crippen LogP contribution in [0.1, 0.15) is 24.1 Å². The van der Waals surface area contributed by atoms with Gasteiger partial charge in [0.1, 0.15) is 17.0 Å². The number of hydrogen-bond donors (Lipinski definition) is 1. The van der Waals surface area contributed by atoms with Gasteiger partial charge in [-0.1, -0.05) is 33.3 Å². The highest BCUT2D eigenvalue weighted by Gasteiger charge is 2.48. The Morgan fingerprint density at radius 3 is 2.85 bits per heavy atom. The van der Waals surface area contributed by atoms with Gasteiger partial charge in [0.25, 0.3) is 0 Å². The van der Waals surface area contributed by atoms with Crippen molar-refractivity contribution in [2.45, 2.75) is 31.4 Å². The van der Waals surface area contributed by atoms with E-state index in [1.165, 1.54) is 17.4 Å². The van der Waals surface area contributed by atoms with E-state index in [-0.39, 0.29) is 12.8 Å². The molecule has 0 saturated heterocycles. The highest BCUT2D eigenvalue weighted by molar-refractivity contribution is 9.10. The maximum Gasteiger partial charge on any atom is 0.206 e. The van der Waals surface area contributed by atoms with Gasteiger partial charge in [-0.3, -0.25) is 4.98 Å². The van der Waals surface area contributed by atoms with Gasteiger partial charge in [-0.2, -0.15) is 0 Å². The van der Waals surface area contributed by atoms with E-state index in [1.54, 1.807) is 12.3 Å². The third kappa shape index (κ3) is 3.60. The summed E-state index contributed by atoms with van der Waals surface area (Å²) < 4.78 is 28.9. The van der Waals surface area contributed by atoms with Gasteiger partial charge in [-0.25, -0.2) is 8.78 Å². The van der Waals surface area contributed by atoms with Gasteiger partial charge in [0.2, 0.25) is 5.13 Å². The van der Waals surface area contributed by atoms with Crippen LogP contribution in [0.2, 0.25) is 0 Å². The summed E-state index contributed by atoms with van der Waals surface area (Å²) in [5.41, 5.74) is 1.78. The molecule has 0 unspecified atom stereocenters. The van der Waals surface area contributed by atoms with Crippen LogP contribution in [0.5, 0.6) is 0 Å². The summed E-state index contributed by atoms with van der Waals surface area (Å²) >= 11 is 4.90. The number of pyridine rings is 1. The van der Waals surface area contributed by atoms with Crippen molar-refractivity contribution < 1.29 is 8.78 Å². The first-order chi connectivity index (χ1) is 13.0. The first kappa shape index (κ1) is 18.4. The molecule has 8 heteroatoms. The molecule has 1 fully saturated rings. The first-order valence-corrected chi connectivity index (χ1v) is 10.2. The Morgan fingerprint density at radius 2 is 2.11 bits per heavy atom. The maximum atomic E-state index is 14.2. The monoisotopic (exact) mass is 450 g/mol. The van der Waals surface area contributed by atoms with Crippen molar-refractivity contribution in [3.63, 3.8) is 0 Å². The number of halogens is 3. The predicted molar refractivity (Wildman–Crippen MR) is 106 cm³/mol. The lowest BCUT2D eigenvalue weighted by Crippen LogP contribution is -2.48. The number of anilines is 1. The number of nitrogens with one attached hydrogen (secondary N) is 1. The lowest BCUT2D eigenvalue weighted by Gasteiger charge is -2.43. The fourth-order valence-corrected chi connectivity index (χ4v) is 4.64. The van der Waals surface area contributed by atoms with Crippen LogP contribution in [0.4, 0.5) is 13.9 Å². The van der Waals surface area contributed by atoms with Crippen molar-refractivity contribution in [1.29, 1.82) is 0 Å². The molecule has 1 N–H and O–H groups in total. The molecule has 1 saturated carbocycles. The molecule has 1 aromatic carbocycles. The lowest BCUT2D eigenvalue weighted by molar-refractivity contribution is 0.0965. The van der Waals surface area contributed by atoms with Gasteiger partial charge < -0.3 is 5.32 Å². The van der Waals surface area contributed by atoms with Crippen molar-refractivity contribution in [3.05, 3.63) is 58.1 Å². The van der Waals surface area contributed by atoms with Gasteiger partial charge in [0.15, 0.2) is 0 Å². The molecule has 140 valence electrons. The number of alkyl halides is 1. The second-order valence-electron chi connectivity index (χ2n) is 6.84. The molecule has 0 amide bonds. The fraction of sp³-hybridized carbons (Fsp3) is 0.316. The molecule has 3 aromatic rings. The van der Waals surface area contributed by atoms with E-state index < -0.39 is 17.4 Å². The highest BCUT2D eigenvalue weighted by Crippen LogP contribution is 2.46. The second kappa shape index (κ2) is 7.24. The SMILES string of the molecule is Cc1ccc(Br)cc1-c1nnc(NCC2(c3ncccc3F)CC(F)C2)s1. The molecule has 0 radical (unpaired) electrons. The number of rotatable bonds is 5. The normalized spacial score (nSPS) is 21.7. The summed E-state index contributed by atoms with van der Waals surface area (Å²) in [7, 11) is 0. The van der Waals surface area contributed by atoms with E-state index >= 15 is 0 Å². The minimum absolute atomic E-state index is 0.254. The smallest absolute Gasteiger partial charge is 0.206 e. The molecule has 2 heterocycles. The van der Waals surface area contributed by atoms with Crippen molar-refractivity contribution >= 4 is 32.4 Å². The molecule has 1 aliphatic carbocycles. The van der Waals surface area contributed by atoms with Crippen LogP contribution in [0.15, 0.2) is 41.0 Å². The van der Waals surface area contributed by atoms with Crippen LogP contribution < -0.4 is 5.32 Å². The molecule has 4 rings (SSSR count). The van der Waals surface area contributed by atoms with Crippen LogP contribution >= 0.6 is 27.3 Å². The molecule has 1 aliphatic rings. The number of benzene rings is 1. The Morgan fingerprint density at radius 1 is 1.30 bits per heavy atom. The van der Waals surface area contributed by atoms with Gasteiger partial charge in [-0.05, 0) is 49.6 Å². The Balaban J connectivity index is 1.54. The van der Waals surface area contributed by atoms with Crippen molar-refractivity contribution in [1.82, 2.24) is 15.2 Å². The van der Waals surface area contributed by atoms with E-state index in [1.807, 2.05) is 25.1 Å². The Hall–Kier alpha value is -1.93. The van der Waals surface area contributed by atoms with Crippen LogP contribution in [-0.2, 0) is 5.41 Å². The number of nitrogens with zero attached hydrogens (tertiary/aromatic N) is 3. The average Bonchev–Trinajstić information content (AvgIpc) is 3.09. The summed E-state index contributed by atoms with van der Waals surface area (Å²) in [5.74, 6) is -0.395. The van der Waals surface area contributed by atoms with E-state index in [0.717, 1.165) is 20.6 Å². The quantitative estimate of drug-likeness (QED) is 0.573. The van der Waals surface area contributed by atoms with Crippen LogP contribution in [0.3, 0.4) is 0 Å². The number of aryl methyl sites for hydroxylation is 1. The highest BCUT2D eigenvalue weighted by atomic mass is 79.9. The number of aromatic nitrogens is 3. The molecular weight excluding hydrogens is 434 g/mol. The average molecular weight is 451 g/mol. The fourth-order valence-electron chi connectivity index (χ4n) is 3.46. The number of hydrogen-bond acceptors (Lipinski definition) is 5. The standard InChI is InChI=1S/C19H17BrF2N4S/c1-11-4-5-12(20)7-14(11)17-25-26-18(27-17)24-10-19(8-13(21)9-19)16-15(22)3-2-6-23-16/h2-7,13H,8-10H2,1H3,(H,24,26). The van der Waals surface area contributed by atoms with Crippen LogP contribution in [0.25, 0.3) is 10.6 Å². The molecule has 0 atom stereocenters. The molecule has 0 spiro atoms. The van der Waals surface area contributed by atoms with Gasteiger partial charge in [0.05, 0.1) is 5.69 Å². The summed E-state index contributed by atoms with van der Waals surface area (Å²) in [5, 5.41) is 13.1. The van der Waals surface area contributed by atoms with Crippen molar-refractivity contribution in [2.24, 2.45) is 0 Å². The molecular formula is C19H17BrF2N4S. The Bertz CT molecular complexity index is 972. The first-order valence-electron chi connectivity index (χ1n) is 8.56. The molecule has 0 aliphatic heterocycles. The zero-order chi connectivity index (χ0) is 19.0. The summed E-state index contributed by atoms with van der Waals surface area (Å²) in [6.45, 7) is 2.39. The summed E-state index contributed by atoms with van der Waals surface area (Å²) in [6.07, 6.45) is 1.13. The van der Waals surface area contributed by atoms with Crippen molar-refractivity contribution in [2.75, 3.05) is 11.9 Å². The van der Waals surface area contributed by atoms with Crippen molar-refractivity contribution in [3.8, 4) is 10.6 Å². The Labute approximate surface area is 168 Å². The lowest BCUT2D eigenvalue weighted by atomic mass is 9.65. The molecule has 0 bridgehead atoms.